The smallest absolute Gasteiger partial charge is 0.124 e. The topological polar surface area (TPSA) is 48.1 Å². The Balaban J connectivity index is 2.44. The molecule has 2 aromatic rings. The molecule has 1 atom stereocenters. The summed E-state index contributed by atoms with van der Waals surface area (Å²) in [6.07, 6.45) is 0. The Morgan fingerprint density at radius 2 is 2.11 bits per heavy atom. The zero-order chi connectivity index (χ0) is 13.3. The maximum atomic E-state index is 6.25. The van der Waals surface area contributed by atoms with E-state index in [1.807, 2.05) is 26.0 Å². The number of nitrogens with two attached hydrogens (primary N) is 1. The zero-order valence-corrected chi connectivity index (χ0v) is 12.1. The van der Waals surface area contributed by atoms with Crippen molar-refractivity contribution in [3.8, 4) is 5.75 Å². The van der Waals surface area contributed by atoms with Crippen LogP contribution in [0.1, 0.15) is 27.2 Å². The van der Waals surface area contributed by atoms with Gasteiger partial charge in [-0.3, -0.25) is 0 Å². The summed E-state index contributed by atoms with van der Waals surface area (Å²) in [4.78, 5) is 5.67. The first-order valence-electron chi connectivity index (χ1n) is 5.56. The number of benzene rings is 1. The minimum absolute atomic E-state index is 0.309. The minimum atomic E-state index is -0.309. The van der Waals surface area contributed by atoms with E-state index in [0.29, 0.717) is 5.02 Å². The van der Waals surface area contributed by atoms with Crippen LogP contribution in [0.2, 0.25) is 5.02 Å². The van der Waals surface area contributed by atoms with Gasteiger partial charge in [0.25, 0.3) is 0 Å². The SMILES string of the molecule is COc1ccc(Cl)cc1C(N)c1nc(C)c(C)s1. The van der Waals surface area contributed by atoms with E-state index in [2.05, 4.69) is 4.98 Å². The molecule has 0 amide bonds. The lowest BCUT2D eigenvalue weighted by Crippen LogP contribution is -2.13. The third-order valence-corrected chi connectivity index (χ3v) is 4.23. The van der Waals surface area contributed by atoms with Gasteiger partial charge in [0, 0.05) is 15.5 Å². The van der Waals surface area contributed by atoms with E-state index in [1.54, 1.807) is 24.5 Å². The van der Waals surface area contributed by atoms with Gasteiger partial charge in [0.2, 0.25) is 0 Å². The highest BCUT2D eigenvalue weighted by molar-refractivity contribution is 7.11. The molecule has 5 heteroatoms. The molecule has 0 radical (unpaired) electrons. The number of hydrogen-bond donors (Lipinski definition) is 1. The summed E-state index contributed by atoms with van der Waals surface area (Å²) in [6.45, 7) is 4.02. The second-order valence-corrected chi connectivity index (χ2v) is 5.73. The van der Waals surface area contributed by atoms with Crippen molar-refractivity contribution in [1.82, 2.24) is 4.98 Å². The predicted molar refractivity (Wildman–Crippen MR) is 75.6 cm³/mol. The number of ether oxygens (including phenoxy) is 1. The monoisotopic (exact) mass is 282 g/mol. The highest BCUT2D eigenvalue weighted by Crippen LogP contribution is 2.33. The highest BCUT2D eigenvalue weighted by Gasteiger charge is 2.18. The fraction of sp³-hybridized carbons (Fsp3) is 0.308. The summed E-state index contributed by atoms with van der Waals surface area (Å²) in [6, 6.07) is 5.13. The molecule has 2 N–H and O–H groups in total. The number of thiazole rings is 1. The number of aryl methyl sites for hydroxylation is 2. The molecule has 3 nitrogen and oxygen atoms in total. The lowest BCUT2D eigenvalue weighted by atomic mass is 10.1. The molecule has 1 aromatic heterocycles. The first-order valence-corrected chi connectivity index (χ1v) is 6.75. The van der Waals surface area contributed by atoms with E-state index in [9.17, 15) is 0 Å². The van der Waals surface area contributed by atoms with Crippen LogP contribution in [-0.4, -0.2) is 12.1 Å². The Labute approximate surface area is 116 Å². The Hall–Kier alpha value is -1.10. The van der Waals surface area contributed by atoms with Crippen molar-refractivity contribution >= 4 is 22.9 Å². The average molecular weight is 283 g/mol. The largest absolute Gasteiger partial charge is 0.496 e. The van der Waals surface area contributed by atoms with Gasteiger partial charge in [-0.15, -0.1) is 11.3 Å². The second-order valence-electron chi connectivity index (χ2n) is 4.06. The normalized spacial score (nSPS) is 12.5. The van der Waals surface area contributed by atoms with Crippen molar-refractivity contribution in [2.75, 3.05) is 7.11 Å². The lowest BCUT2D eigenvalue weighted by molar-refractivity contribution is 0.408. The molecule has 1 heterocycles. The van der Waals surface area contributed by atoms with Crippen molar-refractivity contribution in [3.63, 3.8) is 0 Å². The van der Waals surface area contributed by atoms with Gasteiger partial charge in [0.05, 0.1) is 18.8 Å². The summed E-state index contributed by atoms with van der Waals surface area (Å²) < 4.78 is 5.32. The van der Waals surface area contributed by atoms with E-state index >= 15 is 0 Å². The molecule has 0 aliphatic rings. The van der Waals surface area contributed by atoms with Crippen molar-refractivity contribution in [1.29, 1.82) is 0 Å². The Bertz CT molecular complexity index is 549. The Kier molecular flexibility index (Phi) is 3.90. The molecule has 1 unspecified atom stereocenters. The van der Waals surface area contributed by atoms with Gasteiger partial charge in [-0.05, 0) is 32.0 Å². The lowest BCUT2D eigenvalue weighted by Gasteiger charge is -2.13. The summed E-state index contributed by atoms with van der Waals surface area (Å²) in [7, 11) is 1.62. The van der Waals surface area contributed by atoms with Crippen LogP contribution in [0.25, 0.3) is 0 Å². The molecule has 0 aliphatic carbocycles. The molecule has 0 saturated heterocycles. The predicted octanol–water partition coefficient (Wildman–Crippen LogP) is 3.47. The van der Waals surface area contributed by atoms with Gasteiger partial charge < -0.3 is 10.5 Å². The molecule has 0 aliphatic heterocycles. The van der Waals surface area contributed by atoms with E-state index in [4.69, 9.17) is 22.1 Å². The molecule has 0 bridgehead atoms. The van der Waals surface area contributed by atoms with E-state index in [-0.39, 0.29) is 6.04 Å². The fourth-order valence-electron chi connectivity index (χ4n) is 1.71. The van der Waals surface area contributed by atoms with Crippen molar-refractivity contribution in [2.45, 2.75) is 19.9 Å². The van der Waals surface area contributed by atoms with Gasteiger partial charge >= 0.3 is 0 Å². The molecule has 0 saturated carbocycles. The third kappa shape index (κ3) is 2.51. The highest BCUT2D eigenvalue weighted by atomic mass is 35.5. The van der Waals surface area contributed by atoms with Gasteiger partial charge in [0.1, 0.15) is 10.8 Å². The summed E-state index contributed by atoms with van der Waals surface area (Å²) >= 11 is 7.62. The molecule has 0 spiro atoms. The van der Waals surface area contributed by atoms with Crippen LogP contribution in [0, 0.1) is 13.8 Å². The standard InChI is InChI=1S/C13H15ClN2OS/c1-7-8(2)18-13(16-7)12(15)10-6-9(14)4-5-11(10)17-3/h4-6,12H,15H2,1-3H3. The number of halogens is 1. The summed E-state index contributed by atoms with van der Waals surface area (Å²) in [5.74, 6) is 0.734. The second kappa shape index (κ2) is 5.26. The molecule has 1 aromatic carbocycles. The fourth-order valence-corrected chi connectivity index (χ4v) is 2.84. The van der Waals surface area contributed by atoms with Crippen LogP contribution < -0.4 is 10.5 Å². The Morgan fingerprint density at radius 3 is 2.67 bits per heavy atom. The van der Waals surface area contributed by atoms with Crippen LogP contribution in [0.15, 0.2) is 18.2 Å². The molecular weight excluding hydrogens is 268 g/mol. The maximum absolute atomic E-state index is 6.25. The van der Waals surface area contributed by atoms with E-state index in [0.717, 1.165) is 22.0 Å². The molecule has 0 fully saturated rings. The van der Waals surface area contributed by atoms with Gasteiger partial charge in [-0.2, -0.15) is 0 Å². The number of aromatic nitrogens is 1. The number of methoxy groups -OCH3 is 1. The van der Waals surface area contributed by atoms with Crippen LogP contribution in [0.5, 0.6) is 5.75 Å². The van der Waals surface area contributed by atoms with Crippen molar-refractivity contribution in [3.05, 3.63) is 44.4 Å². The molecule has 96 valence electrons. The first-order chi connectivity index (χ1) is 8.52. The number of hydrogen-bond acceptors (Lipinski definition) is 4. The molecule has 18 heavy (non-hydrogen) atoms. The van der Waals surface area contributed by atoms with Crippen LogP contribution >= 0.6 is 22.9 Å². The molecule has 2 rings (SSSR count). The van der Waals surface area contributed by atoms with E-state index in [1.165, 1.54) is 4.88 Å². The zero-order valence-electron chi connectivity index (χ0n) is 10.5. The summed E-state index contributed by atoms with van der Waals surface area (Å²) in [5, 5.41) is 1.52. The number of rotatable bonds is 3. The summed E-state index contributed by atoms with van der Waals surface area (Å²) in [5.41, 5.74) is 8.13. The van der Waals surface area contributed by atoms with Gasteiger partial charge in [-0.1, -0.05) is 11.6 Å². The van der Waals surface area contributed by atoms with Crippen LogP contribution in [0.4, 0.5) is 0 Å². The van der Waals surface area contributed by atoms with E-state index < -0.39 is 0 Å². The van der Waals surface area contributed by atoms with Crippen LogP contribution in [-0.2, 0) is 0 Å². The van der Waals surface area contributed by atoms with Crippen molar-refractivity contribution < 1.29 is 4.74 Å². The average Bonchev–Trinajstić information content (AvgIpc) is 2.68. The quantitative estimate of drug-likeness (QED) is 0.938. The van der Waals surface area contributed by atoms with Gasteiger partial charge in [-0.25, -0.2) is 4.98 Å². The minimum Gasteiger partial charge on any atom is -0.496 e. The molecular formula is C13H15ClN2OS. The third-order valence-electron chi connectivity index (χ3n) is 2.84. The van der Waals surface area contributed by atoms with Crippen LogP contribution in [0.3, 0.4) is 0 Å². The maximum Gasteiger partial charge on any atom is 0.124 e. The van der Waals surface area contributed by atoms with Crippen molar-refractivity contribution in [2.24, 2.45) is 5.73 Å². The van der Waals surface area contributed by atoms with Gasteiger partial charge in [0.15, 0.2) is 0 Å². The number of nitrogens with zero attached hydrogens (tertiary/aromatic N) is 1. The first kappa shape index (κ1) is 13.3. The Morgan fingerprint density at radius 1 is 1.39 bits per heavy atom.